The van der Waals surface area contributed by atoms with Crippen LogP contribution in [0, 0.1) is 5.92 Å². The molecule has 0 radical (unpaired) electrons. The van der Waals surface area contributed by atoms with Gasteiger partial charge in [-0.1, -0.05) is 6.92 Å². The van der Waals surface area contributed by atoms with Crippen LogP contribution in [0.3, 0.4) is 0 Å². The Labute approximate surface area is 82.2 Å². The smallest absolute Gasteiger partial charge is 0.229 e. The third-order valence-electron chi connectivity index (χ3n) is 1.73. The summed E-state index contributed by atoms with van der Waals surface area (Å²) in [6, 6.07) is 3.82. The molecule has 72 valence electrons. The zero-order valence-corrected chi connectivity index (χ0v) is 8.65. The fourth-order valence-electron chi connectivity index (χ4n) is 0.993. The number of rotatable bonds is 4. The molecule has 13 heavy (non-hydrogen) atoms. The first kappa shape index (κ1) is 10.2. The van der Waals surface area contributed by atoms with Crippen molar-refractivity contribution in [1.82, 2.24) is 5.32 Å². The molecular weight excluding hydrogens is 184 g/mol. The largest absolute Gasteiger partial charge is 0.319 e. The molecule has 0 aliphatic rings. The SMILES string of the molecule is CNCC(C)C(=O)Nc1cccs1. The fourth-order valence-corrected chi connectivity index (χ4v) is 1.61. The summed E-state index contributed by atoms with van der Waals surface area (Å²) in [4.78, 5) is 11.5. The van der Waals surface area contributed by atoms with E-state index in [1.807, 2.05) is 31.5 Å². The summed E-state index contributed by atoms with van der Waals surface area (Å²) in [5.41, 5.74) is 0. The number of amides is 1. The number of anilines is 1. The number of hydrogen-bond acceptors (Lipinski definition) is 3. The Morgan fingerprint density at radius 3 is 3.00 bits per heavy atom. The van der Waals surface area contributed by atoms with Gasteiger partial charge < -0.3 is 10.6 Å². The minimum absolute atomic E-state index is 0.00657. The van der Waals surface area contributed by atoms with E-state index in [4.69, 9.17) is 0 Å². The first-order chi connectivity index (χ1) is 6.24. The van der Waals surface area contributed by atoms with E-state index in [2.05, 4.69) is 10.6 Å². The Balaban J connectivity index is 2.41. The molecule has 1 heterocycles. The average molecular weight is 198 g/mol. The van der Waals surface area contributed by atoms with Crippen LogP contribution in [-0.4, -0.2) is 19.5 Å². The molecule has 1 rings (SSSR count). The van der Waals surface area contributed by atoms with Gasteiger partial charge in [0, 0.05) is 12.5 Å². The minimum atomic E-state index is 0.00657. The summed E-state index contributed by atoms with van der Waals surface area (Å²) < 4.78 is 0. The van der Waals surface area contributed by atoms with Gasteiger partial charge in [0.25, 0.3) is 0 Å². The quantitative estimate of drug-likeness (QED) is 0.770. The van der Waals surface area contributed by atoms with Gasteiger partial charge in [0.2, 0.25) is 5.91 Å². The first-order valence-corrected chi connectivity index (χ1v) is 5.11. The topological polar surface area (TPSA) is 41.1 Å². The van der Waals surface area contributed by atoms with Gasteiger partial charge in [0.1, 0.15) is 0 Å². The summed E-state index contributed by atoms with van der Waals surface area (Å²) >= 11 is 1.53. The van der Waals surface area contributed by atoms with E-state index in [1.165, 1.54) is 11.3 Å². The summed E-state index contributed by atoms with van der Waals surface area (Å²) in [6.07, 6.45) is 0. The highest BCUT2D eigenvalue weighted by molar-refractivity contribution is 7.14. The molecule has 1 aromatic heterocycles. The molecule has 0 aliphatic carbocycles. The number of nitrogens with one attached hydrogen (secondary N) is 2. The monoisotopic (exact) mass is 198 g/mol. The molecular formula is C9H14N2OS. The minimum Gasteiger partial charge on any atom is -0.319 e. The second-order valence-corrected chi connectivity index (χ2v) is 3.87. The molecule has 1 atom stereocenters. The Morgan fingerprint density at radius 2 is 2.46 bits per heavy atom. The number of thiophene rings is 1. The molecule has 0 aliphatic heterocycles. The van der Waals surface area contributed by atoms with Gasteiger partial charge in [-0.3, -0.25) is 4.79 Å². The average Bonchev–Trinajstić information content (AvgIpc) is 2.57. The van der Waals surface area contributed by atoms with Crippen LogP contribution in [0.15, 0.2) is 17.5 Å². The van der Waals surface area contributed by atoms with Gasteiger partial charge in [-0.15, -0.1) is 11.3 Å². The van der Waals surface area contributed by atoms with Crippen molar-refractivity contribution in [3.05, 3.63) is 17.5 Å². The van der Waals surface area contributed by atoms with Crippen molar-refractivity contribution in [2.24, 2.45) is 5.92 Å². The van der Waals surface area contributed by atoms with Gasteiger partial charge >= 0.3 is 0 Å². The Morgan fingerprint density at radius 1 is 1.69 bits per heavy atom. The summed E-state index contributed by atoms with van der Waals surface area (Å²) in [6.45, 7) is 2.61. The molecule has 0 saturated carbocycles. The van der Waals surface area contributed by atoms with E-state index in [1.54, 1.807) is 0 Å². The van der Waals surface area contributed by atoms with Crippen molar-refractivity contribution in [1.29, 1.82) is 0 Å². The number of carbonyl (C=O) groups is 1. The van der Waals surface area contributed by atoms with Crippen molar-refractivity contribution >= 4 is 22.2 Å². The van der Waals surface area contributed by atoms with Gasteiger partial charge in [-0.25, -0.2) is 0 Å². The lowest BCUT2D eigenvalue weighted by atomic mass is 10.1. The second kappa shape index (κ2) is 4.99. The van der Waals surface area contributed by atoms with Crippen LogP contribution < -0.4 is 10.6 Å². The molecule has 0 fully saturated rings. The summed E-state index contributed by atoms with van der Waals surface area (Å²) in [5.74, 6) is 0.0731. The maximum absolute atomic E-state index is 11.5. The predicted molar refractivity (Wildman–Crippen MR) is 56.0 cm³/mol. The Kier molecular flexibility index (Phi) is 3.92. The Hall–Kier alpha value is -0.870. The van der Waals surface area contributed by atoms with Crippen LogP contribution in [0.5, 0.6) is 0 Å². The molecule has 0 saturated heterocycles. The molecule has 0 spiro atoms. The predicted octanol–water partition coefficient (Wildman–Crippen LogP) is 1.54. The lowest BCUT2D eigenvalue weighted by molar-refractivity contribution is -0.119. The van der Waals surface area contributed by atoms with Crippen LogP contribution in [0.25, 0.3) is 0 Å². The molecule has 2 N–H and O–H groups in total. The van der Waals surface area contributed by atoms with Gasteiger partial charge in [-0.2, -0.15) is 0 Å². The summed E-state index contributed by atoms with van der Waals surface area (Å²) in [5, 5.41) is 8.67. The van der Waals surface area contributed by atoms with Crippen molar-refractivity contribution in [3.8, 4) is 0 Å². The van der Waals surface area contributed by atoms with Crippen molar-refractivity contribution in [3.63, 3.8) is 0 Å². The maximum atomic E-state index is 11.5. The molecule has 1 amide bonds. The van der Waals surface area contributed by atoms with E-state index >= 15 is 0 Å². The normalized spacial score (nSPS) is 12.5. The zero-order chi connectivity index (χ0) is 9.68. The van der Waals surface area contributed by atoms with Crippen molar-refractivity contribution < 1.29 is 4.79 Å². The van der Waals surface area contributed by atoms with E-state index < -0.39 is 0 Å². The highest BCUT2D eigenvalue weighted by Crippen LogP contribution is 2.15. The van der Waals surface area contributed by atoms with Gasteiger partial charge in [-0.05, 0) is 24.6 Å². The molecule has 0 aromatic carbocycles. The van der Waals surface area contributed by atoms with Gasteiger partial charge in [0.05, 0.1) is 5.00 Å². The van der Waals surface area contributed by atoms with Crippen molar-refractivity contribution in [2.75, 3.05) is 18.9 Å². The van der Waals surface area contributed by atoms with Crippen LogP contribution >= 0.6 is 11.3 Å². The first-order valence-electron chi connectivity index (χ1n) is 4.23. The second-order valence-electron chi connectivity index (χ2n) is 2.93. The van der Waals surface area contributed by atoms with E-state index in [-0.39, 0.29) is 11.8 Å². The van der Waals surface area contributed by atoms with Crippen LogP contribution in [0.4, 0.5) is 5.00 Å². The highest BCUT2D eigenvalue weighted by atomic mass is 32.1. The number of hydrogen-bond donors (Lipinski definition) is 2. The van der Waals surface area contributed by atoms with Crippen LogP contribution in [0.1, 0.15) is 6.92 Å². The molecule has 4 heteroatoms. The summed E-state index contributed by atoms with van der Waals surface area (Å²) in [7, 11) is 1.84. The zero-order valence-electron chi connectivity index (χ0n) is 7.83. The van der Waals surface area contributed by atoms with E-state index in [0.29, 0.717) is 6.54 Å². The van der Waals surface area contributed by atoms with E-state index in [0.717, 1.165) is 5.00 Å². The third kappa shape index (κ3) is 3.16. The molecule has 1 aromatic rings. The molecule has 3 nitrogen and oxygen atoms in total. The lowest BCUT2D eigenvalue weighted by Crippen LogP contribution is -2.28. The van der Waals surface area contributed by atoms with Gasteiger partial charge in [0.15, 0.2) is 0 Å². The van der Waals surface area contributed by atoms with E-state index in [9.17, 15) is 4.79 Å². The molecule has 0 bridgehead atoms. The third-order valence-corrected chi connectivity index (χ3v) is 2.51. The Bertz CT molecular complexity index is 259. The molecule has 1 unspecified atom stereocenters. The maximum Gasteiger partial charge on any atom is 0.229 e. The van der Waals surface area contributed by atoms with Crippen LogP contribution in [-0.2, 0) is 4.79 Å². The van der Waals surface area contributed by atoms with Crippen LogP contribution in [0.2, 0.25) is 0 Å². The van der Waals surface area contributed by atoms with Crippen molar-refractivity contribution in [2.45, 2.75) is 6.92 Å². The highest BCUT2D eigenvalue weighted by Gasteiger charge is 2.11. The fraction of sp³-hybridized carbons (Fsp3) is 0.444. The number of carbonyl (C=O) groups excluding carboxylic acids is 1. The standard InChI is InChI=1S/C9H14N2OS/c1-7(6-10-2)9(12)11-8-4-3-5-13-8/h3-5,7,10H,6H2,1-2H3,(H,11,12). The lowest BCUT2D eigenvalue weighted by Gasteiger charge is -2.09.